The largest absolute Gasteiger partial charge is 0.481 e. The van der Waals surface area contributed by atoms with Gasteiger partial charge in [-0.05, 0) is 41.5 Å². The van der Waals surface area contributed by atoms with E-state index in [9.17, 15) is 9.90 Å². The lowest BCUT2D eigenvalue weighted by atomic mass is 10.0. The highest BCUT2D eigenvalue weighted by Crippen LogP contribution is 2.35. The van der Waals surface area contributed by atoms with Crippen molar-refractivity contribution in [3.8, 4) is 10.4 Å². The molecule has 2 N–H and O–H groups in total. The Kier molecular flexibility index (Phi) is 5.68. The van der Waals surface area contributed by atoms with Crippen molar-refractivity contribution in [1.82, 2.24) is 0 Å². The van der Waals surface area contributed by atoms with Gasteiger partial charge in [0.25, 0.3) is 0 Å². The zero-order valence-electron chi connectivity index (χ0n) is 13.2. The summed E-state index contributed by atoms with van der Waals surface area (Å²) in [5.74, 6) is -0.925. The van der Waals surface area contributed by atoms with E-state index >= 15 is 0 Å². The Hall–Kier alpha value is -1.85. The third-order valence-corrected chi connectivity index (χ3v) is 5.95. The molecule has 7 heteroatoms. The Morgan fingerprint density at radius 1 is 1.00 bits per heavy atom. The van der Waals surface area contributed by atoms with E-state index in [0.29, 0.717) is 31.1 Å². The normalized spacial score (nSPS) is 10.7. The van der Waals surface area contributed by atoms with Gasteiger partial charge in [0.15, 0.2) is 0 Å². The van der Waals surface area contributed by atoms with E-state index in [1.165, 1.54) is 11.3 Å². The summed E-state index contributed by atoms with van der Waals surface area (Å²) in [5.41, 5.74) is 2.40. The molecule has 0 saturated carbocycles. The molecule has 0 aliphatic carbocycles. The summed E-state index contributed by atoms with van der Waals surface area (Å²) < 4.78 is 0. The van der Waals surface area contributed by atoms with Gasteiger partial charge in [0, 0.05) is 15.5 Å². The Balaban J connectivity index is 2.05. The monoisotopic (exact) mass is 423 g/mol. The topological polar surface area (TPSA) is 61.2 Å². The molecule has 132 valence electrons. The van der Waals surface area contributed by atoms with Crippen LogP contribution in [0.25, 0.3) is 10.4 Å². The molecule has 0 saturated heterocycles. The van der Waals surface area contributed by atoms with E-state index in [1.807, 2.05) is 12.1 Å². The van der Waals surface area contributed by atoms with Gasteiger partial charge >= 0.3 is 5.97 Å². The molecule has 1 heterocycles. The molecule has 0 spiro atoms. The number of carbonyl (C=O) groups is 1. The van der Waals surface area contributed by atoms with Gasteiger partial charge in [-0.3, -0.25) is 10.2 Å². The average Bonchev–Trinajstić information content (AvgIpc) is 3.00. The van der Waals surface area contributed by atoms with E-state index < -0.39 is 5.97 Å². The van der Waals surface area contributed by atoms with E-state index in [2.05, 4.69) is 0 Å². The molecule has 1 aromatic heterocycles. The fourth-order valence-corrected chi connectivity index (χ4v) is 4.07. The van der Waals surface area contributed by atoms with Crippen LogP contribution in [0.3, 0.4) is 0 Å². The van der Waals surface area contributed by atoms with Crippen molar-refractivity contribution in [3.05, 3.63) is 79.6 Å². The smallest absolute Gasteiger partial charge is 0.307 e. The fourth-order valence-electron chi connectivity index (χ4n) is 2.49. The summed E-state index contributed by atoms with van der Waals surface area (Å²) in [6.07, 6.45) is -0.122. The molecule has 0 radical (unpaired) electrons. The van der Waals surface area contributed by atoms with Gasteiger partial charge in [-0.1, -0.05) is 53.0 Å². The van der Waals surface area contributed by atoms with Crippen molar-refractivity contribution in [2.75, 3.05) is 0 Å². The number of rotatable bonds is 5. The van der Waals surface area contributed by atoms with Crippen LogP contribution >= 0.6 is 46.1 Å². The third kappa shape index (κ3) is 4.10. The van der Waals surface area contributed by atoms with Crippen LogP contribution in [0.2, 0.25) is 15.1 Å². The first-order valence-corrected chi connectivity index (χ1v) is 9.45. The molecule has 0 aliphatic heterocycles. The van der Waals surface area contributed by atoms with E-state index in [4.69, 9.17) is 40.2 Å². The van der Waals surface area contributed by atoms with Gasteiger partial charge in [0.05, 0.1) is 27.1 Å². The molecule has 0 amide bonds. The number of aliphatic carboxylic acids is 1. The maximum atomic E-state index is 11.2. The predicted molar refractivity (Wildman–Crippen MR) is 108 cm³/mol. The molecule has 0 aliphatic rings. The van der Waals surface area contributed by atoms with Crippen LogP contribution in [0.5, 0.6) is 0 Å². The highest BCUT2D eigenvalue weighted by atomic mass is 35.5. The summed E-state index contributed by atoms with van der Waals surface area (Å²) in [5, 5.41) is 19.1. The van der Waals surface area contributed by atoms with Crippen LogP contribution in [-0.4, -0.2) is 16.8 Å². The lowest BCUT2D eigenvalue weighted by Gasteiger charge is -2.03. The molecule has 0 bridgehead atoms. The molecule has 2 aromatic carbocycles. The maximum Gasteiger partial charge on any atom is 0.307 e. The standard InChI is InChI=1S/C19H12Cl3NO2S/c20-13-4-1-10(2-5-13)19-12(9-17(24)25)8-16(26-19)18(23)11-3-6-14(21)15(22)7-11/h1-8,23H,9H2,(H,24,25). The first kappa shape index (κ1) is 18.9. The fraction of sp³-hybridized carbons (Fsp3) is 0.0526. The van der Waals surface area contributed by atoms with Gasteiger partial charge in [-0.2, -0.15) is 0 Å². The summed E-state index contributed by atoms with van der Waals surface area (Å²) in [7, 11) is 0. The first-order chi connectivity index (χ1) is 12.3. The SMILES string of the molecule is N=C(c1ccc(Cl)c(Cl)c1)c1cc(CC(=O)O)c(-c2ccc(Cl)cc2)s1. The molecular weight excluding hydrogens is 413 g/mol. The number of hydrogen-bond acceptors (Lipinski definition) is 3. The van der Waals surface area contributed by atoms with Gasteiger partial charge in [0.2, 0.25) is 0 Å². The second kappa shape index (κ2) is 7.80. The highest BCUT2D eigenvalue weighted by molar-refractivity contribution is 7.17. The third-order valence-electron chi connectivity index (χ3n) is 3.71. The van der Waals surface area contributed by atoms with Crippen molar-refractivity contribution in [3.63, 3.8) is 0 Å². The first-order valence-electron chi connectivity index (χ1n) is 7.50. The van der Waals surface area contributed by atoms with Gasteiger partial charge < -0.3 is 5.11 Å². The Labute approximate surface area is 169 Å². The van der Waals surface area contributed by atoms with Crippen LogP contribution in [-0.2, 0) is 11.2 Å². The minimum absolute atomic E-state index is 0.122. The van der Waals surface area contributed by atoms with Crippen LogP contribution in [0, 0.1) is 5.41 Å². The van der Waals surface area contributed by atoms with Crippen LogP contribution in [0.4, 0.5) is 0 Å². The maximum absolute atomic E-state index is 11.2. The van der Waals surface area contributed by atoms with E-state index in [0.717, 1.165) is 10.4 Å². The highest BCUT2D eigenvalue weighted by Gasteiger charge is 2.17. The van der Waals surface area contributed by atoms with Crippen molar-refractivity contribution in [1.29, 1.82) is 5.41 Å². The zero-order valence-corrected chi connectivity index (χ0v) is 16.3. The molecule has 0 atom stereocenters. The minimum atomic E-state index is -0.925. The number of carboxylic acid groups (broad SMARTS) is 1. The molecule has 3 nitrogen and oxygen atoms in total. The molecule has 3 rings (SSSR count). The molecule has 0 fully saturated rings. The van der Waals surface area contributed by atoms with E-state index in [-0.39, 0.29) is 12.1 Å². The number of benzene rings is 2. The molecule has 26 heavy (non-hydrogen) atoms. The van der Waals surface area contributed by atoms with Crippen LogP contribution in [0.1, 0.15) is 16.0 Å². The van der Waals surface area contributed by atoms with Crippen molar-refractivity contribution in [2.45, 2.75) is 6.42 Å². The van der Waals surface area contributed by atoms with Gasteiger partial charge in [-0.15, -0.1) is 11.3 Å². The Morgan fingerprint density at radius 2 is 1.69 bits per heavy atom. The minimum Gasteiger partial charge on any atom is -0.481 e. The second-order valence-electron chi connectivity index (χ2n) is 5.55. The molecule has 3 aromatic rings. The number of halogens is 3. The Bertz CT molecular complexity index is 997. The van der Waals surface area contributed by atoms with Crippen molar-refractivity contribution < 1.29 is 9.90 Å². The predicted octanol–water partition coefficient (Wildman–Crippen LogP) is 6.42. The average molecular weight is 425 g/mol. The molecular formula is C19H12Cl3NO2S. The van der Waals surface area contributed by atoms with E-state index in [1.54, 1.807) is 36.4 Å². The van der Waals surface area contributed by atoms with Crippen LogP contribution < -0.4 is 0 Å². The summed E-state index contributed by atoms with van der Waals surface area (Å²) in [4.78, 5) is 12.7. The summed E-state index contributed by atoms with van der Waals surface area (Å²) in [6, 6.07) is 13.9. The van der Waals surface area contributed by atoms with Gasteiger partial charge in [0.1, 0.15) is 0 Å². The lowest BCUT2D eigenvalue weighted by Crippen LogP contribution is -2.01. The van der Waals surface area contributed by atoms with Crippen molar-refractivity contribution >= 4 is 57.8 Å². The summed E-state index contributed by atoms with van der Waals surface area (Å²) >= 11 is 19.3. The number of nitrogens with one attached hydrogen (secondary N) is 1. The van der Waals surface area contributed by atoms with Gasteiger partial charge in [-0.25, -0.2) is 0 Å². The number of thiophene rings is 1. The van der Waals surface area contributed by atoms with Crippen LogP contribution in [0.15, 0.2) is 48.5 Å². The zero-order chi connectivity index (χ0) is 18.8. The molecule has 0 unspecified atom stereocenters. The Morgan fingerprint density at radius 3 is 2.31 bits per heavy atom. The lowest BCUT2D eigenvalue weighted by molar-refractivity contribution is -0.136. The number of hydrogen-bond donors (Lipinski definition) is 2. The van der Waals surface area contributed by atoms with Crippen molar-refractivity contribution in [2.24, 2.45) is 0 Å². The quantitative estimate of drug-likeness (QED) is 0.464. The number of carboxylic acids is 1. The summed E-state index contributed by atoms with van der Waals surface area (Å²) in [6.45, 7) is 0. The second-order valence-corrected chi connectivity index (χ2v) is 7.85.